The van der Waals surface area contributed by atoms with E-state index in [1.807, 2.05) is 12.1 Å². The topological polar surface area (TPSA) is 51.0 Å². The highest BCUT2D eigenvalue weighted by atomic mass is 16.5. The number of nitrogens with zero attached hydrogens (tertiary/aromatic N) is 2. The van der Waals surface area contributed by atoms with Crippen LogP contribution < -0.4 is 5.32 Å². The van der Waals surface area contributed by atoms with Gasteiger partial charge >= 0.3 is 0 Å². The summed E-state index contributed by atoms with van der Waals surface area (Å²) in [6.07, 6.45) is 5.27. The second-order valence-electron chi connectivity index (χ2n) is 3.96. The van der Waals surface area contributed by atoms with Crippen molar-refractivity contribution in [3.8, 4) is 11.3 Å². The molecular weight excluding hydrogens is 202 g/mol. The Hall–Kier alpha value is -1.68. The molecule has 84 valence electrons. The lowest BCUT2D eigenvalue weighted by Crippen LogP contribution is -2.21. The highest BCUT2D eigenvalue weighted by Crippen LogP contribution is 2.22. The molecular formula is C12H15N3O. The van der Waals surface area contributed by atoms with Crippen LogP contribution in [0.1, 0.15) is 19.4 Å². The molecule has 0 aliphatic carbocycles. The van der Waals surface area contributed by atoms with Crippen molar-refractivity contribution in [1.82, 2.24) is 15.5 Å². The minimum Gasteiger partial charge on any atom is -0.356 e. The number of pyridine rings is 1. The molecule has 0 atom stereocenters. The van der Waals surface area contributed by atoms with Crippen LogP contribution in [0.15, 0.2) is 35.2 Å². The number of hydrogen-bond donors (Lipinski definition) is 1. The van der Waals surface area contributed by atoms with Gasteiger partial charge in [-0.15, -0.1) is 0 Å². The molecule has 0 amide bonds. The zero-order valence-corrected chi connectivity index (χ0v) is 9.47. The first-order chi connectivity index (χ1) is 7.77. The van der Waals surface area contributed by atoms with Gasteiger partial charge in [-0.25, -0.2) is 0 Å². The van der Waals surface area contributed by atoms with Crippen LogP contribution in [0.25, 0.3) is 11.3 Å². The Bertz CT molecular complexity index is 437. The molecule has 4 heteroatoms. The zero-order chi connectivity index (χ0) is 11.4. The van der Waals surface area contributed by atoms with Gasteiger partial charge in [-0.1, -0.05) is 19.0 Å². The van der Waals surface area contributed by atoms with Gasteiger partial charge in [0.2, 0.25) is 0 Å². The fourth-order valence-corrected chi connectivity index (χ4v) is 1.44. The van der Waals surface area contributed by atoms with Gasteiger partial charge in [-0.2, -0.15) is 0 Å². The van der Waals surface area contributed by atoms with Crippen LogP contribution in [0.5, 0.6) is 0 Å². The summed E-state index contributed by atoms with van der Waals surface area (Å²) in [6.45, 7) is 4.97. The Labute approximate surface area is 94.7 Å². The van der Waals surface area contributed by atoms with Crippen LogP contribution in [-0.4, -0.2) is 16.2 Å². The molecule has 1 N–H and O–H groups in total. The maximum atomic E-state index is 5.25. The summed E-state index contributed by atoms with van der Waals surface area (Å²) in [5, 5.41) is 7.17. The van der Waals surface area contributed by atoms with Crippen molar-refractivity contribution in [1.29, 1.82) is 0 Å². The highest BCUT2D eigenvalue weighted by Gasteiger charge is 2.10. The molecule has 0 aliphatic heterocycles. The summed E-state index contributed by atoms with van der Waals surface area (Å²) >= 11 is 0. The van der Waals surface area contributed by atoms with Gasteiger partial charge in [0.15, 0.2) is 5.76 Å². The van der Waals surface area contributed by atoms with E-state index in [1.165, 1.54) is 0 Å². The first kappa shape index (κ1) is 10.8. The molecule has 2 aromatic rings. The summed E-state index contributed by atoms with van der Waals surface area (Å²) < 4.78 is 5.25. The smallest absolute Gasteiger partial charge is 0.172 e. The van der Waals surface area contributed by atoms with E-state index in [1.54, 1.807) is 18.6 Å². The Morgan fingerprint density at radius 1 is 1.38 bits per heavy atom. The van der Waals surface area contributed by atoms with Crippen LogP contribution in [0.4, 0.5) is 0 Å². The average Bonchev–Trinajstić information content (AvgIpc) is 2.75. The summed E-state index contributed by atoms with van der Waals surface area (Å²) in [5.41, 5.74) is 2.02. The largest absolute Gasteiger partial charge is 0.356 e. The molecule has 0 unspecified atom stereocenters. The monoisotopic (exact) mass is 217 g/mol. The van der Waals surface area contributed by atoms with E-state index in [-0.39, 0.29) is 0 Å². The first-order valence-electron chi connectivity index (χ1n) is 5.34. The van der Waals surface area contributed by atoms with Crippen LogP contribution in [0.2, 0.25) is 0 Å². The third-order valence-corrected chi connectivity index (χ3v) is 2.27. The Balaban J connectivity index is 2.19. The van der Waals surface area contributed by atoms with E-state index >= 15 is 0 Å². The molecule has 0 saturated heterocycles. The van der Waals surface area contributed by atoms with E-state index in [0.29, 0.717) is 6.04 Å². The fraction of sp³-hybridized carbons (Fsp3) is 0.333. The fourth-order valence-electron chi connectivity index (χ4n) is 1.44. The van der Waals surface area contributed by atoms with E-state index in [4.69, 9.17) is 4.52 Å². The molecule has 16 heavy (non-hydrogen) atoms. The quantitative estimate of drug-likeness (QED) is 0.853. The van der Waals surface area contributed by atoms with Crippen molar-refractivity contribution >= 4 is 0 Å². The van der Waals surface area contributed by atoms with E-state index in [0.717, 1.165) is 23.4 Å². The van der Waals surface area contributed by atoms with Crippen LogP contribution in [0, 0.1) is 0 Å². The standard InChI is InChI=1S/C12H15N3O/c1-9(2)14-7-11-8-15-16-12(11)10-4-3-5-13-6-10/h3-6,8-9,14H,7H2,1-2H3. The maximum Gasteiger partial charge on any atom is 0.172 e. The third-order valence-electron chi connectivity index (χ3n) is 2.27. The number of rotatable bonds is 4. The van der Waals surface area contributed by atoms with Gasteiger partial charge in [0, 0.05) is 36.1 Å². The summed E-state index contributed by atoms with van der Waals surface area (Å²) in [6, 6.07) is 4.29. The molecule has 0 fully saturated rings. The van der Waals surface area contributed by atoms with Crippen LogP contribution in [0.3, 0.4) is 0 Å². The predicted octanol–water partition coefficient (Wildman–Crippen LogP) is 2.23. The van der Waals surface area contributed by atoms with Gasteiger partial charge in [-0.3, -0.25) is 4.98 Å². The molecule has 0 saturated carbocycles. The lowest BCUT2D eigenvalue weighted by molar-refractivity contribution is 0.431. The lowest BCUT2D eigenvalue weighted by atomic mass is 10.1. The van der Waals surface area contributed by atoms with Gasteiger partial charge < -0.3 is 9.84 Å². The van der Waals surface area contributed by atoms with Gasteiger partial charge in [0.25, 0.3) is 0 Å². The van der Waals surface area contributed by atoms with Crippen LogP contribution >= 0.6 is 0 Å². The highest BCUT2D eigenvalue weighted by molar-refractivity contribution is 5.59. The summed E-state index contributed by atoms with van der Waals surface area (Å²) in [5.74, 6) is 0.793. The molecule has 0 spiro atoms. The number of aromatic nitrogens is 2. The Morgan fingerprint density at radius 2 is 2.25 bits per heavy atom. The Kier molecular flexibility index (Phi) is 3.31. The third kappa shape index (κ3) is 2.46. The van der Waals surface area contributed by atoms with Crippen LogP contribution in [-0.2, 0) is 6.54 Å². The number of hydrogen-bond acceptors (Lipinski definition) is 4. The summed E-state index contributed by atoms with van der Waals surface area (Å²) in [7, 11) is 0. The van der Waals surface area contributed by atoms with Crippen molar-refractivity contribution in [2.45, 2.75) is 26.4 Å². The second kappa shape index (κ2) is 4.90. The molecule has 2 rings (SSSR count). The molecule has 2 aromatic heterocycles. The van der Waals surface area contributed by atoms with Gasteiger partial charge in [-0.05, 0) is 12.1 Å². The zero-order valence-electron chi connectivity index (χ0n) is 9.47. The normalized spacial score (nSPS) is 10.9. The molecule has 0 bridgehead atoms. The van der Waals surface area contributed by atoms with Crippen molar-refractivity contribution in [2.24, 2.45) is 0 Å². The van der Waals surface area contributed by atoms with Crippen molar-refractivity contribution < 1.29 is 4.52 Å². The van der Waals surface area contributed by atoms with Gasteiger partial charge in [0.1, 0.15) is 0 Å². The minimum atomic E-state index is 0.441. The average molecular weight is 217 g/mol. The summed E-state index contributed by atoms with van der Waals surface area (Å²) in [4.78, 5) is 4.07. The SMILES string of the molecule is CC(C)NCc1cnoc1-c1cccnc1. The number of nitrogens with one attached hydrogen (secondary N) is 1. The molecule has 0 aliphatic rings. The van der Waals surface area contributed by atoms with E-state index in [9.17, 15) is 0 Å². The minimum absolute atomic E-state index is 0.441. The van der Waals surface area contributed by atoms with E-state index in [2.05, 4.69) is 29.3 Å². The molecule has 2 heterocycles. The van der Waals surface area contributed by atoms with Crippen molar-refractivity contribution in [3.63, 3.8) is 0 Å². The molecule has 4 nitrogen and oxygen atoms in total. The van der Waals surface area contributed by atoms with Gasteiger partial charge in [0.05, 0.1) is 6.20 Å². The second-order valence-corrected chi connectivity index (χ2v) is 3.96. The lowest BCUT2D eigenvalue weighted by Gasteiger charge is -2.06. The molecule has 0 radical (unpaired) electrons. The molecule has 0 aromatic carbocycles. The predicted molar refractivity (Wildman–Crippen MR) is 61.7 cm³/mol. The maximum absolute atomic E-state index is 5.25. The first-order valence-corrected chi connectivity index (χ1v) is 5.34. The Morgan fingerprint density at radius 3 is 2.94 bits per heavy atom. The van der Waals surface area contributed by atoms with Crippen molar-refractivity contribution in [3.05, 3.63) is 36.3 Å². The van der Waals surface area contributed by atoms with Crippen molar-refractivity contribution in [2.75, 3.05) is 0 Å². The van der Waals surface area contributed by atoms with E-state index < -0.39 is 0 Å².